The van der Waals surface area contributed by atoms with E-state index in [4.69, 9.17) is 4.74 Å². The molecule has 0 radical (unpaired) electrons. The van der Waals surface area contributed by atoms with E-state index in [0.29, 0.717) is 17.9 Å². The van der Waals surface area contributed by atoms with E-state index in [1.165, 1.54) is 16.9 Å². The molecule has 2 aliphatic heterocycles. The third-order valence-corrected chi connectivity index (χ3v) is 7.36. The van der Waals surface area contributed by atoms with Crippen LogP contribution >= 0.6 is 11.3 Å². The van der Waals surface area contributed by atoms with Crippen LogP contribution in [0, 0.1) is 0 Å². The number of nitrogens with zero attached hydrogens (tertiary/aromatic N) is 3. The van der Waals surface area contributed by atoms with E-state index < -0.39 is 6.43 Å². The predicted molar refractivity (Wildman–Crippen MR) is 120 cm³/mol. The molecule has 1 aromatic carbocycles. The molecule has 1 saturated heterocycles. The Balaban J connectivity index is 1.41. The number of aromatic nitrogens is 2. The largest absolute Gasteiger partial charge is 0.477 e. The fourth-order valence-corrected chi connectivity index (χ4v) is 5.86. The summed E-state index contributed by atoms with van der Waals surface area (Å²) in [6, 6.07) is 7.69. The zero-order valence-electron chi connectivity index (χ0n) is 17.9. The van der Waals surface area contributed by atoms with Crippen molar-refractivity contribution < 1.29 is 17.9 Å². The molecule has 0 aliphatic carbocycles. The van der Waals surface area contributed by atoms with E-state index in [0.717, 1.165) is 41.2 Å². The Morgan fingerprint density at radius 3 is 2.88 bits per heavy atom. The maximum atomic E-state index is 13.5. The molecule has 5 rings (SSSR count). The molecule has 3 aromatic rings. The molecule has 2 aromatic heterocycles. The van der Waals surface area contributed by atoms with Gasteiger partial charge in [-0.25, -0.2) is 13.8 Å². The van der Waals surface area contributed by atoms with Crippen molar-refractivity contribution in [1.82, 2.24) is 19.8 Å². The maximum Gasteiger partial charge on any atom is 0.251 e. The summed E-state index contributed by atoms with van der Waals surface area (Å²) in [5, 5.41) is 2.60. The molecular weight excluding hydrogens is 437 g/mol. The Labute approximate surface area is 189 Å². The Bertz CT molecular complexity index is 1060. The molecule has 9 heteroatoms. The number of rotatable bonds is 8. The van der Waals surface area contributed by atoms with Gasteiger partial charge in [0.1, 0.15) is 17.2 Å². The topological polar surface area (TPSA) is 44.4 Å². The molecule has 1 fully saturated rings. The number of hydrogen-bond acceptors (Lipinski definition) is 5. The fourth-order valence-electron chi connectivity index (χ4n) is 4.90. The maximum absolute atomic E-state index is 13.5. The minimum Gasteiger partial charge on any atom is -0.477 e. The SMILES string of the molecule is C[C@@H]1Cc2c([nH]c3ccccc23)[C@@H](c2ncc(OC3CN(CCCF)C3)s2)N1CC(F)F. The average Bonchev–Trinajstić information content (AvgIpc) is 3.34. The zero-order valence-corrected chi connectivity index (χ0v) is 18.8. The molecule has 5 nitrogen and oxygen atoms in total. The van der Waals surface area contributed by atoms with Crippen LogP contribution in [-0.4, -0.2) is 71.2 Å². The highest BCUT2D eigenvalue weighted by molar-refractivity contribution is 7.13. The number of likely N-dealkylation sites (tertiary alicyclic amines) is 1. The number of alkyl halides is 3. The van der Waals surface area contributed by atoms with Gasteiger partial charge in [-0.3, -0.25) is 14.2 Å². The highest BCUT2D eigenvalue weighted by atomic mass is 32.1. The Morgan fingerprint density at radius 1 is 1.28 bits per heavy atom. The van der Waals surface area contributed by atoms with Gasteiger partial charge in [0.15, 0.2) is 5.06 Å². The van der Waals surface area contributed by atoms with Crippen LogP contribution < -0.4 is 4.74 Å². The summed E-state index contributed by atoms with van der Waals surface area (Å²) in [6.45, 7) is 3.70. The summed E-state index contributed by atoms with van der Waals surface area (Å²) >= 11 is 1.42. The zero-order chi connectivity index (χ0) is 22.2. The van der Waals surface area contributed by atoms with E-state index in [1.807, 2.05) is 30.0 Å². The minimum atomic E-state index is -2.42. The molecule has 0 spiro atoms. The third-order valence-electron chi connectivity index (χ3n) is 6.42. The number of halogens is 3. The van der Waals surface area contributed by atoms with Crippen LogP contribution in [0.4, 0.5) is 13.2 Å². The second-order valence-electron chi connectivity index (χ2n) is 8.67. The number of hydrogen-bond donors (Lipinski definition) is 1. The number of thiazole rings is 1. The second kappa shape index (κ2) is 9.03. The standard InChI is InChI=1S/C23H27F3N4OS/c1-14-9-17-16-5-2-3-6-18(16)28-21(17)22(30(14)13-19(25)26)23-27-10-20(32-23)31-15-11-29(12-15)8-4-7-24/h2-3,5-6,10,14-15,19,22,28H,4,7-9,11-13H2,1H3/t14-,22+/m1/s1. The molecule has 0 bridgehead atoms. The van der Waals surface area contributed by atoms with Crippen LogP contribution in [0.1, 0.15) is 35.7 Å². The van der Waals surface area contributed by atoms with Crippen LogP contribution in [0.2, 0.25) is 0 Å². The lowest BCUT2D eigenvalue weighted by Gasteiger charge is -2.39. The van der Waals surface area contributed by atoms with Crippen LogP contribution in [0.5, 0.6) is 5.06 Å². The molecule has 2 atom stereocenters. The summed E-state index contributed by atoms with van der Waals surface area (Å²) in [5.74, 6) is 0. The van der Waals surface area contributed by atoms with Crippen molar-refractivity contribution in [3.05, 3.63) is 46.7 Å². The molecule has 172 valence electrons. The van der Waals surface area contributed by atoms with Crippen LogP contribution in [0.25, 0.3) is 10.9 Å². The predicted octanol–water partition coefficient (Wildman–Crippen LogP) is 4.65. The second-order valence-corrected chi connectivity index (χ2v) is 9.69. The minimum absolute atomic E-state index is 0.0373. The first kappa shape index (κ1) is 21.7. The van der Waals surface area contributed by atoms with E-state index in [2.05, 4.69) is 20.9 Å². The first-order valence-corrected chi connectivity index (χ1v) is 11.9. The molecule has 0 saturated carbocycles. The summed E-state index contributed by atoms with van der Waals surface area (Å²) in [6.07, 6.45) is 0.603. The third kappa shape index (κ3) is 4.13. The average molecular weight is 465 g/mol. The van der Waals surface area contributed by atoms with Crippen molar-refractivity contribution in [2.24, 2.45) is 0 Å². The van der Waals surface area contributed by atoms with Gasteiger partial charge in [-0.15, -0.1) is 0 Å². The molecule has 0 amide bonds. The number of fused-ring (bicyclic) bond motifs is 3. The molecule has 4 heterocycles. The van der Waals surface area contributed by atoms with Gasteiger partial charge < -0.3 is 9.72 Å². The lowest BCUT2D eigenvalue weighted by Crippen LogP contribution is -2.53. The van der Waals surface area contributed by atoms with Crippen molar-refractivity contribution >= 4 is 22.2 Å². The lowest BCUT2D eigenvalue weighted by atomic mass is 9.92. The normalized spacial score (nSPS) is 22.4. The number of aromatic amines is 1. The molecule has 1 N–H and O–H groups in total. The van der Waals surface area contributed by atoms with Gasteiger partial charge in [-0.2, -0.15) is 0 Å². The Kier molecular flexibility index (Phi) is 6.14. The summed E-state index contributed by atoms with van der Waals surface area (Å²) in [5.41, 5.74) is 3.15. The van der Waals surface area contributed by atoms with Gasteiger partial charge in [0.2, 0.25) is 0 Å². The first-order chi connectivity index (χ1) is 15.5. The van der Waals surface area contributed by atoms with Crippen molar-refractivity contribution in [3.63, 3.8) is 0 Å². The monoisotopic (exact) mass is 464 g/mol. The van der Waals surface area contributed by atoms with Gasteiger partial charge in [-0.05, 0) is 31.4 Å². The summed E-state index contributed by atoms with van der Waals surface area (Å²) in [4.78, 5) is 12.1. The highest BCUT2D eigenvalue weighted by Gasteiger charge is 2.39. The quantitative estimate of drug-likeness (QED) is 0.527. The fraction of sp³-hybridized carbons (Fsp3) is 0.522. The smallest absolute Gasteiger partial charge is 0.251 e. The number of ether oxygens (including phenoxy) is 1. The van der Waals surface area contributed by atoms with Crippen molar-refractivity contribution in [2.75, 3.05) is 32.9 Å². The van der Waals surface area contributed by atoms with Crippen molar-refractivity contribution in [2.45, 2.75) is 44.4 Å². The summed E-state index contributed by atoms with van der Waals surface area (Å²) in [7, 11) is 0. The van der Waals surface area contributed by atoms with Crippen molar-refractivity contribution in [1.29, 1.82) is 0 Å². The Morgan fingerprint density at radius 2 is 2.09 bits per heavy atom. The lowest BCUT2D eigenvalue weighted by molar-refractivity contribution is 0.0207. The van der Waals surface area contributed by atoms with Gasteiger partial charge in [-0.1, -0.05) is 29.5 Å². The van der Waals surface area contributed by atoms with E-state index in [-0.39, 0.29) is 31.4 Å². The van der Waals surface area contributed by atoms with E-state index in [9.17, 15) is 13.2 Å². The van der Waals surface area contributed by atoms with Gasteiger partial charge in [0, 0.05) is 42.3 Å². The first-order valence-electron chi connectivity index (χ1n) is 11.1. The van der Waals surface area contributed by atoms with Crippen LogP contribution in [-0.2, 0) is 6.42 Å². The van der Waals surface area contributed by atoms with Crippen molar-refractivity contribution in [3.8, 4) is 5.06 Å². The van der Waals surface area contributed by atoms with Gasteiger partial charge in [0.25, 0.3) is 6.43 Å². The number of benzene rings is 1. The van der Waals surface area contributed by atoms with E-state index >= 15 is 0 Å². The van der Waals surface area contributed by atoms with E-state index in [1.54, 1.807) is 6.20 Å². The number of nitrogens with one attached hydrogen (secondary N) is 1. The van der Waals surface area contributed by atoms with Crippen LogP contribution in [0.3, 0.4) is 0 Å². The molecular formula is C23H27F3N4OS. The van der Waals surface area contributed by atoms with Crippen LogP contribution in [0.15, 0.2) is 30.5 Å². The van der Waals surface area contributed by atoms with Gasteiger partial charge >= 0.3 is 0 Å². The number of para-hydroxylation sites is 1. The van der Waals surface area contributed by atoms with Gasteiger partial charge in [0.05, 0.1) is 19.4 Å². The molecule has 32 heavy (non-hydrogen) atoms. The molecule has 2 aliphatic rings. The molecule has 0 unspecified atom stereocenters. The Hall–Kier alpha value is -2.10. The number of H-pyrrole nitrogens is 1. The summed E-state index contributed by atoms with van der Waals surface area (Å²) < 4.78 is 45.4. The highest BCUT2D eigenvalue weighted by Crippen LogP contribution is 2.43.